The van der Waals surface area contributed by atoms with E-state index >= 15 is 0 Å². The topological polar surface area (TPSA) is 69.2 Å². The molecule has 0 aromatic heterocycles. The molecule has 8 heteroatoms. The number of rotatable bonds is 8. The number of methoxy groups -OCH3 is 2. The smallest absolute Gasteiger partial charge is 0.271 e. The number of amides is 1. The summed E-state index contributed by atoms with van der Waals surface area (Å²) < 4.78 is 17.2. The van der Waals surface area contributed by atoms with Gasteiger partial charge in [0.05, 0.1) is 20.4 Å². The Balaban J connectivity index is 1.70. The third-order valence-corrected chi connectivity index (χ3v) is 5.00. The number of hydrogen-bond donors (Lipinski definition) is 1. The van der Waals surface area contributed by atoms with Gasteiger partial charge in [-0.1, -0.05) is 39.7 Å². The van der Waals surface area contributed by atoms with Crippen molar-refractivity contribution in [1.82, 2.24) is 5.43 Å². The van der Waals surface area contributed by atoms with Crippen molar-refractivity contribution in [2.24, 2.45) is 5.10 Å². The van der Waals surface area contributed by atoms with Gasteiger partial charge in [-0.3, -0.25) is 4.79 Å². The summed E-state index contributed by atoms with van der Waals surface area (Å²) in [5, 5.41) is 4.72. The summed E-state index contributed by atoms with van der Waals surface area (Å²) in [5.41, 5.74) is 4.54. The Morgan fingerprint density at radius 2 is 1.81 bits per heavy atom. The molecule has 6 nitrogen and oxygen atoms in total. The summed E-state index contributed by atoms with van der Waals surface area (Å²) in [6, 6.07) is 17.9. The highest BCUT2D eigenvalue weighted by atomic mass is 79.9. The van der Waals surface area contributed by atoms with Crippen LogP contribution in [0.15, 0.2) is 70.2 Å². The average Bonchev–Trinajstić information content (AvgIpc) is 2.78. The molecule has 0 heterocycles. The van der Waals surface area contributed by atoms with Gasteiger partial charge in [-0.25, -0.2) is 5.43 Å². The number of nitrogens with one attached hydrogen (secondary N) is 1. The predicted molar refractivity (Wildman–Crippen MR) is 125 cm³/mol. The van der Waals surface area contributed by atoms with Crippen LogP contribution in [0.5, 0.6) is 17.2 Å². The normalized spacial score (nSPS) is 10.7. The van der Waals surface area contributed by atoms with Gasteiger partial charge in [0.25, 0.3) is 5.91 Å². The lowest BCUT2D eigenvalue weighted by Gasteiger charge is -2.10. The first-order chi connectivity index (χ1) is 15.0. The highest BCUT2D eigenvalue weighted by Crippen LogP contribution is 2.27. The van der Waals surface area contributed by atoms with Gasteiger partial charge in [-0.05, 0) is 54.1 Å². The third kappa shape index (κ3) is 6.23. The highest BCUT2D eigenvalue weighted by molar-refractivity contribution is 9.10. The molecule has 0 radical (unpaired) electrons. The molecule has 3 rings (SSSR count). The van der Waals surface area contributed by atoms with Crippen LogP contribution in [0.4, 0.5) is 0 Å². The zero-order valence-electron chi connectivity index (χ0n) is 16.9. The van der Waals surface area contributed by atoms with E-state index in [-0.39, 0.29) is 5.91 Å². The quantitative estimate of drug-likeness (QED) is 0.327. The van der Waals surface area contributed by atoms with Crippen molar-refractivity contribution in [3.63, 3.8) is 0 Å². The summed E-state index contributed by atoms with van der Waals surface area (Å²) in [7, 11) is 3.04. The molecule has 1 amide bonds. The van der Waals surface area contributed by atoms with Gasteiger partial charge in [0.2, 0.25) is 0 Å². The zero-order valence-corrected chi connectivity index (χ0v) is 19.2. The van der Waals surface area contributed by atoms with Gasteiger partial charge in [0.15, 0.2) is 11.5 Å². The van der Waals surface area contributed by atoms with E-state index in [1.807, 2.05) is 42.5 Å². The van der Waals surface area contributed by atoms with Crippen molar-refractivity contribution < 1.29 is 19.0 Å². The molecular formula is C23H20BrClN2O4. The summed E-state index contributed by atoms with van der Waals surface area (Å²) in [4.78, 5) is 12.4. The fourth-order valence-electron chi connectivity index (χ4n) is 2.74. The maximum absolute atomic E-state index is 12.4. The summed E-state index contributed by atoms with van der Waals surface area (Å²) >= 11 is 9.47. The first-order valence-corrected chi connectivity index (χ1v) is 10.4. The van der Waals surface area contributed by atoms with Crippen molar-refractivity contribution in [3.8, 4) is 17.2 Å². The number of carbonyl (C=O) groups is 1. The number of hydrogen-bond acceptors (Lipinski definition) is 5. The molecule has 0 atom stereocenters. The molecule has 0 saturated carbocycles. The Labute approximate surface area is 193 Å². The fourth-order valence-corrected chi connectivity index (χ4v) is 3.33. The summed E-state index contributed by atoms with van der Waals surface area (Å²) in [5.74, 6) is 1.24. The second-order valence-corrected chi connectivity index (χ2v) is 7.72. The van der Waals surface area contributed by atoms with Crippen LogP contribution < -0.4 is 19.6 Å². The van der Waals surface area contributed by atoms with Crippen LogP contribution in [-0.4, -0.2) is 26.3 Å². The molecule has 0 aliphatic heterocycles. The fraction of sp³-hybridized carbons (Fsp3) is 0.130. The van der Waals surface area contributed by atoms with E-state index in [0.29, 0.717) is 40.0 Å². The molecule has 0 fully saturated rings. The monoisotopic (exact) mass is 502 g/mol. The largest absolute Gasteiger partial charge is 0.493 e. The SMILES string of the molecule is COc1ccc(C(=O)N/N=C/c2cc(Br)ccc2OCc2cccc(Cl)c2)cc1OC. The molecule has 0 bridgehead atoms. The van der Waals surface area contributed by atoms with E-state index in [4.69, 9.17) is 25.8 Å². The minimum atomic E-state index is -0.381. The second kappa shape index (κ2) is 10.8. The zero-order chi connectivity index (χ0) is 22.2. The van der Waals surface area contributed by atoms with Crippen LogP contribution in [-0.2, 0) is 6.61 Å². The number of carbonyl (C=O) groups excluding carboxylic acids is 1. The maximum Gasteiger partial charge on any atom is 0.271 e. The molecule has 160 valence electrons. The van der Waals surface area contributed by atoms with E-state index < -0.39 is 0 Å². The van der Waals surface area contributed by atoms with E-state index in [0.717, 1.165) is 10.0 Å². The lowest BCUT2D eigenvalue weighted by atomic mass is 10.2. The molecule has 1 N–H and O–H groups in total. The van der Waals surface area contributed by atoms with Crippen LogP contribution in [0.25, 0.3) is 0 Å². The van der Waals surface area contributed by atoms with Crippen LogP contribution in [0.3, 0.4) is 0 Å². The molecule has 31 heavy (non-hydrogen) atoms. The lowest BCUT2D eigenvalue weighted by molar-refractivity contribution is 0.0954. The first-order valence-electron chi connectivity index (χ1n) is 9.22. The van der Waals surface area contributed by atoms with E-state index in [2.05, 4.69) is 26.5 Å². The number of benzene rings is 3. The number of halogens is 2. The van der Waals surface area contributed by atoms with Crippen molar-refractivity contribution in [2.45, 2.75) is 6.61 Å². The second-order valence-electron chi connectivity index (χ2n) is 6.37. The molecule has 3 aromatic rings. The van der Waals surface area contributed by atoms with Crippen LogP contribution >= 0.6 is 27.5 Å². The first kappa shape index (κ1) is 22.7. The highest BCUT2D eigenvalue weighted by Gasteiger charge is 2.10. The number of hydrazone groups is 1. The van der Waals surface area contributed by atoms with Gasteiger partial charge in [0.1, 0.15) is 12.4 Å². The standard InChI is InChI=1S/C23H20BrClN2O4/c1-29-21-8-6-16(12-22(21)30-2)23(28)27-26-13-17-11-18(24)7-9-20(17)31-14-15-4-3-5-19(25)10-15/h3-13H,14H2,1-2H3,(H,27,28)/b26-13+. The molecular weight excluding hydrogens is 484 g/mol. The molecule has 0 spiro atoms. The van der Waals surface area contributed by atoms with Crippen molar-refractivity contribution in [3.05, 3.63) is 86.8 Å². The Kier molecular flexibility index (Phi) is 7.92. The molecule has 0 aliphatic carbocycles. The molecule has 0 aliphatic rings. The van der Waals surface area contributed by atoms with Crippen molar-refractivity contribution in [2.75, 3.05) is 14.2 Å². The van der Waals surface area contributed by atoms with Gasteiger partial charge < -0.3 is 14.2 Å². The van der Waals surface area contributed by atoms with Gasteiger partial charge in [-0.15, -0.1) is 0 Å². The van der Waals surface area contributed by atoms with E-state index in [1.165, 1.54) is 20.4 Å². The van der Waals surface area contributed by atoms with Crippen LogP contribution in [0.1, 0.15) is 21.5 Å². The van der Waals surface area contributed by atoms with Crippen LogP contribution in [0.2, 0.25) is 5.02 Å². The Hall–Kier alpha value is -3.03. The van der Waals surface area contributed by atoms with Gasteiger partial charge >= 0.3 is 0 Å². The van der Waals surface area contributed by atoms with Crippen molar-refractivity contribution in [1.29, 1.82) is 0 Å². The predicted octanol–water partition coefficient (Wildman–Crippen LogP) is 5.46. The van der Waals surface area contributed by atoms with E-state index in [1.54, 1.807) is 18.2 Å². The Morgan fingerprint density at radius 1 is 1.03 bits per heavy atom. The molecule has 3 aromatic carbocycles. The summed E-state index contributed by atoms with van der Waals surface area (Å²) in [6.07, 6.45) is 1.52. The van der Waals surface area contributed by atoms with Crippen LogP contribution in [0, 0.1) is 0 Å². The van der Waals surface area contributed by atoms with Crippen molar-refractivity contribution >= 4 is 39.7 Å². The Morgan fingerprint density at radius 3 is 2.55 bits per heavy atom. The van der Waals surface area contributed by atoms with Gasteiger partial charge in [-0.2, -0.15) is 5.10 Å². The molecule has 0 saturated heterocycles. The Bertz CT molecular complexity index is 1100. The number of nitrogens with zero attached hydrogens (tertiary/aromatic N) is 1. The maximum atomic E-state index is 12.4. The minimum Gasteiger partial charge on any atom is -0.493 e. The average molecular weight is 504 g/mol. The summed E-state index contributed by atoms with van der Waals surface area (Å²) in [6.45, 7) is 0.348. The lowest BCUT2D eigenvalue weighted by Crippen LogP contribution is -2.17. The molecule has 0 unspecified atom stereocenters. The number of ether oxygens (including phenoxy) is 3. The van der Waals surface area contributed by atoms with E-state index in [9.17, 15) is 4.79 Å². The third-order valence-electron chi connectivity index (χ3n) is 4.27. The van der Waals surface area contributed by atoms with Gasteiger partial charge in [0, 0.05) is 20.6 Å². The minimum absolute atomic E-state index is 0.348.